The van der Waals surface area contributed by atoms with Crippen LogP contribution in [-0.4, -0.2) is 75.2 Å². The molecule has 112 valence electrons. The summed E-state index contributed by atoms with van der Waals surface area (Å²) in [5, 5.41) is 2.86. The highest BCUT2D eigenvalue weighted by Gasteiger charge is 2.18. The summed E-state index contributed by atoms with van der Waals surface area (Å²) in [5.74, 6) is 0.872. The van der Waals surface area contributed by atoms with Crippen LogP contribution in [0.25, 0.3) is 0 Å². The summed E-state index contributed by atoms with van der Waals surface area (Å²) in [6.07, 6.45) is 1.26. The lowest BCUT2D eigenvalue weighted by atomic mass is 10.1. The molecule has 1 amide bonds. The van der Waals surface area contributed by atoms with Crippen molar-refractivity contribution in [3.63, 3.8) is 0 Å². The highest BCUT2D eigenvalue weighted by molar-refractivity contribution is 5.77. The van der Waals surface area contributed by atoms with Crippen LogP contribution in [0.2, 0.25) is 0 Å². The van der Waals surface area contributed by atoms with E-state index in [-0.39, 0.29) is 5.91 Å². The third kappa shape index (κ3) is 7.50. The van der Waals surface area contributed by atoms with Gasteiger partial charge in [-0.3, -0.25) is 9.69 Å². The molecule has 1 heterocycles. The smallest absolute Gasteiger partial charge is 0.234 e. The number of piperazine rings is 1. The van der Waals surface area contributed by atoms with Crippen LogP contribution in [0.15, 0.2) is 0 Å². The lowest BCUT2D eigenvalue weighted by Gasteiger charge is -2.34. The maximum absolute atomic E-state index is 11.7. The minimum absolute atomic E-state index is 0.104. The Hall–Kier alpha value is -0.650. The van der Waals surface area contributed by atoms with E-state index in [1.807, 2.05) is 0 Å². The zero-order valence-electron chi connectivity index (χ0n) is 12.7. The molecule has 0 spiro atoms. The third-order valence-corrected chi connectivity index (χ3v) is 3.48. The molecule has 1 fully saturated rings. The predicted molar refractivity (Wildman–Crippen MR) is 77.2 cm³/mol. The number of hydrogen-bond donors (Lipinski definition) is 1. The van der Waals surface area contributed by atoms with Gasteiger partial charge in [0.25, 0.3) is 0 Å². The summed E-state index contributed by atoms with van der Waals surface area (Å²) < 4.78 is 4.91. The summed E-state index contributed by atoms with van der Waals surface area (Å²) in [4.78, 5) is 16.4. The third-order valence-electron chi connectivity index (χ3n) is 3.48. The standard InChI is InChI=1S/C14H29N3O2/c1-13(2)4-6-16-7-9-17(10-8-16)12-14(18)15-5-11-19-3/h13H,4-12H2,1-3H3,(H,15,18). The molecule has 0 unspecified atom stereocenters. The highest BCUT2D eigenvalue weighted by Crippen LogP contribution is 2.06. The molecule has 1 saturated heterocycles. The van der Waals surface area contributed by atoms with Crippen molar-refractivity contribution in [1.82, 2.24) is 15.1 Å². The topological polar surface area (TPSA) is 44.8 Å². The molecule has 0 aromatic rings. The molecule has 1 aliphatic rings. The van der Waals surface area contributed by atoms with E-state index < -0.39 is 0 Å². The molecule has 0 saturated carbocycles. The SMILES string of the molecule is COCCNC(=O)CN1CCN(CCC(C)C)CC1. The highest BCUT2D eigenvalue weighted by atomic mass is 16.5. The fourth-order valence-corrected chi connectivity index (χ4v) is 2.16. The van der Waals surface area contributed by atoms with E-state index in [0.717, 1.165) is 32.1 Å². The van der Waals surface area contributed by atoms with Gasteiger partial charge in [0, 0.05) is 39.8 Å². The van der Waals surface area contributed by atoms with Crippen molar-refractivity contribution in [3.05, 3.63) is 0 Å². The molecule has 0 radical (unpaired) electrons. The molecular formula is C14H29N3O2. The van der Waals surface area contributed by atoms with Gasteiger partial charge in [-0.2, -0.15) is 0 Å². The summed E-state index contributed by atoms with van der Waals surface area (Å²) in [5.41, 5.74) is 0. The predicted octanol–water partition coefficient (Wildman–Crippen LogP) is 0.413. The molecule has 5 nitrogen and oxygen atoms in total. The lowest BCUT2D eigenvalue weighted by molar-refractivity contribution is -0.122. The summed E-state index contributed by atoms with van der Waals surface area (Å²) in [6, 6.07) is 0. The zero-order chi connectivity index (χ0) is 14.1. The molecule has 0 aliphatic carbocycles. The van der Waals surface area contributed by atoms with Gasteiger partial charge in [-0.1, -0.05) is 13.8 Å². The Kier molecular flexibility index (Phi) is 8.02. The van der Waals surface area contributed by atoms with Gasteiger partial charge in [0.15, 0.2) is 0 Å². The zero-order valence-corrected chi connectivity index (χ0v) is 12.7. The lowest BCUT2D eigenvalue weighted by Crippen LogP contribution is -2.49. The average Bonchev–Trinajstić information content (AvgIpc) is 2.38. The molecule has 5 heteroatoms. The largest absolute Gasteiger partial charge is 0.383 e. The number of nitrogens with one attached hydrogen (secondary N) is 1. The normalized spacial score (nSPS) is 17.9. The van der Waals surface area contributed by atoms with Crippen LogP contribution in [0, 0.1) is 5.92 Å². The molecule has 0 bridgehead atoms. The van der Waals surface area contributed by atoms with Gasteiger partial charge in [0.1, 0.15) is 0 Å². The fourth-order valence-electron chi connectivity index (χ4n) is 2.16. The van der Waals surface area contributed by atoms with E-state index in [1.165, 1.54) is 13.0 Å². The molecule has 0 aromatic heterocycles. The van der Waals surface area contributed by atoms with Gasteiger partial charge in [0.2, 0.25) is 5.91 Å². The van der Waals surface area contributed by atoms with E-state index in [2.05, 4.69) is 29.0 Å². The Morgan fingerprint density at radius 2 is 1.84 bits per heavy atom. The average molecular weight is 271 g/mol. The minimum atomic E-state index is 0.104. The molecule has 1 rings (SSSR count). The molecule has 19 heavy (non-hydrogen) atoms. The van der Waals surface area contributed by atoms with Crippen molar-refractivity contribution in [2.75, 3.05) is 59.5 Å². The quantitative estimate of drug-likeness (QED) is 0.650. The molecule has 0 aromatic carbocycles. The van der Waals surface area contributed by atoms with Crippen LogP contribution >= 0.6 is 0 Å². The maximum Gasteiger partial charge on any atom is 0.234 e. The van der Waals surface area contributed by atoms with Gasteiger partial charge in [-0.15, -0.1) is 0 Å². The number of methoxy groups -OCH3 is 1. The van der Waals surface area contributed by atoms with Crippen molar-refractivity contribution in [2.24, 2.45) is 5.92 Å². The van der Waals surface area contributed by atoms with Gasteiger partial charge >= 0.3 is 0 Å². The Labute approximate surface area is 117 Å². The van der Waals surface area contributed by atoms with Gasteiger partial charge in [-0.05, 0) is 18.9 Å². The van der Waals surface area contributed by atoms with Crippen LogP contribution in [0.4, 0.5) is 0 Å². The molecular weight excluding hydrogens is 242 g/mol. The second-order valence-corrected chi connectivity index (χ2v) is 5.64. The van der Waals surface area contributed by atoms with Crippen LogP contribution in [0.3, 0.4) is 0 Å². The van der Waals surface area contributed by atoms with E-state index in [1.54, 1.807) is 7.11 Å². The van der Waals surface area contributed by atoms with Gasteiger partial charge in [-0.25, -0.2) is 0 Å². The first-order valence-electron chi connectivity index (χ1n) is 7.32. The monoisotopic (exact) mass is 271 g/mol. The van der Waals surface area contributed by atoms with Crippen LogP contribution in [-0.2, 0) is 9.53 Å². The van der Waals surface area contributed by atoms with E-state index in [0.29, 0.717) is 19.7 Å². The van der Waals surface area contributed by atoms with Crippen molar-refractivity contribution in [3.8, 4) is 0 Å². The van der Waals surface area contributed by atoms with E-state index in [4.69, 9.17) is 4.74 Å². The summed E-state index contributed by atoms with van der Waals surface area (Å²) in [7, 11) is 1.64. The second-order valence-electron chi connectivity index (χ2n) is 5.64. The first-order valence-corrected chi connectivity index (χ1v) is 7.32. The fraction of sp³-hybridized carbons (Fsp3) is 0.929. The number of amides is 1. The number of ether oxygens (including phenoxy) is 1. The van der Waals surface area contributed by atoms with Gasteiger partial charge < -0.3 is 15.0 Å². The number of rotatable bonds is 8. The molecule has 1 aliphatic heterocycles. The molecule has 1 N–H and O–H groups in total. The first-order chi connectivity index (χ1) is 9.11. The van der Waals surface area contributed by atoms with Crippen molar-refractivity contribution < 1.29 is 9.53 Å². The van der Waals surface area contributed by atoms with Crippen molar-refractivity contribution in [1.29, 1.82) is 0 Å². The number of carbonyl (C=O) groups excluding carboxylic acids is 1. The van der Waals surface area contributed by atoms with Crippen LogP contribution in [0.1, 0.15) is 20.3 Å². The minimum Gasteiger partial charge on any atom is -0.383 e. The maximum atomic E-state index is 11.7. The van der Waals surface area contributed by atoms with Crippen LogP contribution < -0.4 is 5.32 Å². The van der Waals surface area contributed by atoms with Crippen molar-refractivity contribution >= 4 is 5.91 Å². The van der Waals surface area contributed by atoms with E-state index in [9.17, 15) is 4.79 Å². The first kappa shape index (κ1) is 16.4. The Balaban J connectivity index is 2.10. The van der Waals surface area contributed by atoms with E-state index >= 15 is 0 Å². The summed E-state index contributed by atoms with van der Waals surface area (Å²) in [6.45, 7) is 11.6. The Morgan fingerprint density at radius 3 is 2.42 bits per heavy atom. The number of nitrogens with zero attached hydrogens (tertiary/aromatic N) is 2. The Morgan fingerprint density at radius 1 is 1.21 bits per heavy atom. The van der Waals surface area contributed by atoms with Gasteiger partial charge in [0.05, 0.1) is 13.2 Å². The Bertz CT molecular complexity index is 251. The number of carbonyl (C=O) groups is 1. The van der Waals surface area contributed by atoms with Crippen molar-refractivity contribution in [2.45, 2.75) is 20.3 Å². The molecule has 0 atom stereocenters. The van der Waals surface area contributed by atoms with Crippen LogP contribution in [0.5, 0.6) is 0 Å². The second kappa shape index (κ2) is 9.28. The number of hydrogen-bond acceptors (Lipinski definition) is 4. The summed E-state index contributed by atoms with van der Waals surface area (Å²) >= 11 is 0.